The largest absolute Gasteiger partial charge is 0.332 e. The molecule has 4 aromatic rings. The molecule has 0 saturated heterocycles. The third kappa shape index (κ3) is 3.92. The first-order valence-corrected chi connectivity index (χ1v) is 10.0. The lowest BCUT2D eigenvalue weighted by Gasteiger charge is -2.11. The average Bonchev–Trinajstić information content (AvgIpc) is 3.21. The number of benzene rings is 2. The fourth-order valence-electron chi connectivity index (χ4n) is 3.65. The van der Waals surface area contributed by atoms with E-state index < -0.39 is 11.2 Å². The van der Waals surface area contributed by atoms with Crippen molar-refractivity contribution < 1.29 is 4.79 Å². The monoisotopic (exact) mass is 417 g/mol. The molecule has 2 aromatic carbocycles. The third-order valence-corrected chi connectivity index (χ3v) is 5.31. The summed E-state index contributed by atoms with van der Waals surface area (Å²) in [5.74, 6) is -0.104. The van der Waals surface area contributed by atoms with E-state index in [0.717, 1.165) is 21.4 Å². The number of para-hydroxylation sites is 1. The molecule has 0 fully saturated rings. The number of amides is 1. The van der Waals surface area contributed by atoms with E-state index in [1.807, 2.05) is 54.6 Å². The van der Waals surface area contributed by atoms with Crippen molar-refractivity contribution in [3.63, 3.8) is 0 Å². The number of rotatable bonds is 6. The lowest BCUT2D eigenvalue weighted by Crippen LogP contribution is -2.37. The third-order valence-electron chi connectivity index (χ3n) is 5.31. The van der Waals surface area contributed by atoms with Crippen LogP contribution in [0.4, 0.5) is 5.69 Å². The van der Waals surface area contributed by atoms with Crippen LogP contribution in [0.15, 0.2) is 70.5 Å². The van der Waals surface area contributed by atoms with Gasteiger partial charge in [-0.25, -0.2) is 9.78 Å². The van der Waals surface area contributed by atoms with E-state index in [9.17, 15) is 14.4 Å². The fraction of sp³-hybridized carbons (Fsp3) is 0.217. The first kappa shape index (κ1) is 20.3. The Morgan fingerprint density at radius 3 is 2.45 bits per heavy atom. The van der Waals surface area contributed by atoms with E-state index in [0.29, 0.717) is 24.1 Å². The lowest BCUT2D eigenvalue weighted by atomic mass is 10.0. The molecule has 2 heterocycles. The van der Waals surface area contributed by atoms with Gasteiger partial charge in [0.1, 0.15) is 0 Å². The van der Waals surface area contributed by atoms with Crippen LogP contribution in [-0.4, -0.2) is 24.6 Å². The zero-order chi connectivity index (χ0) is 22.0. The van der Waals surface area contributed by atoms with Crippen LogP contribution in [0.5, 0.6) is 0 Å². The summed E-state index contributed by atoms with van der Waals surface area (Å²) in [6.07, 6.45) is 2.35. The van der Waals surface area contributed by atoms with Crippen LogP contribution in [-0.2, 0) is 25.4 Å². The van der Waals surface area contributed by atoms with Crippen LogP contribution in [0, 0.1) is 0 Å². The summed E-state index contributed by atoms with van der Waals surface area (Å²) in [6, 6.07) is 17.6. The standard InChI is InChI=1S/C23H23N5O3/c1-26-21-20(22(30)27(2)23(26)31)28(15-24-21)14-8-13-19(29)25-18-12-7-6-11-17(18)16-9-4-3-5-10-16/h3-7,9-12,15H,8,13-14H2,1-2H3,(H,25,29). The molecule has 0 atom stereocenters. The van der Waals surface area contributed by atoms with Gasteiger partial charge in [0.2, 0.25) is 5.91 Å². The Morgan fingerprint density at radius 2 is 1.68 bits per heavy atom. The van der Waals surface area contributed by atoms with Crippen molar-refractivity contribution in [2.75, 3.05) is 5.32 Å². The molecule has 0 aliphatic carbocycles. The normalized spacial score (nSPS) is 11.0. The molecule has 0 unspecified atom stereocenters. The molecule has 2 aromatic heterocycles. The summed E-state index contributed by atoms with van der Waals surface area (Å²) in [6.45, 7) is 0.442. The maximum atomic E-state index is 12.6. The van der Waals surface area contributed by atoms with E-state index in [4.69, 9.17) is 0 Å². The summed E-state index contributed by atoms with van der Waals surface area (Å²) in [7, 11) is 3.03. The van der Waals surface area contributed by atoms with Crippen molar-refractivity contribution in [1.82, 2.24) is 18.7 Å². The van der Waals surface area contributed by atoms with Crippen molar-refractivity contribution in [3.8, 4) is 11.1 Å². The molecule has 0 bridgehead atoms. The highest BCUT2D eigenvalue weighted by Crippen LogP contribution is 2.27. The number of nitrogens with one attached hydrogen (secondary N) is 1. The second-order valence-electron chi connectivity index (χ2n) is 7.38. The Hall–Kier alpha value is -3.94. The Balaban J connectivity index is 1.46. The van der Waals surface area contributed by atoms with Gasteiger partial charge < -0.3 is 9.88 Å². The summed E-state index contributed by atoms with van der Waals surface area (Å²) in [5, 5.41) is 2.99. The van der Waals surface area contributed by atoms with Crippen molar-refractivity contribution >= 4 is 22.8 Å². The maximum absolute atomic E-state index is 12.6. The van der Waals surface area contributed by atoms with Crippen LogP contribution >= 0.6 is 0 Å². The number of carbonyl (C=O) groups excluding carboxylic acids is 1. The summed E-state index contributed by atoms with van der Waals surface area (Å²) in [5.41, 5.74) is 2.65. The number of fused-ring (bicyclic) bond motifs is 1. The highest BCUT2D eigenvalue weighted by atomic mass is 16.2. The van der Waals surface area contributed by atoms with Gasteiger partial charge in [0.25, 0.3) is 5.56 Å². The van der Waals surface area contributed by atoms with Gasteiger partial charge in [-0.2, -0.15) is 0 Å². The number of hydrogen-bond acceptors (Lipinski definition) is 4. The van der Waals surface area contributed by atoms with Gasteiger partial charge in [-0.15, -0.1) is 0 Å². The lowest BCUT2D eigenvalue weighted by molar-refractivity contribution is -0.116. The van der Waals surface area contributed by atoms with Gasteiger partial charge in [0.15, 0.2) is 11.2 Å². The van der Waals surface area contributed by atoms with Gasteiger partial charge in [-0.05, 0) is 18.1 Å². The maximum Gasteiger partial charge on any atom is 0.332 e. The Morgan fingerprint density at radius 1 is 0.968 bits per heavy atom. The Labute approximate surface area is 178 Å². The van der Waals surface area contributed by atoms with Crippen molar-refractivity contribution in [3.05, 3.63) is 81.8 Å². The Bertz CT molecular complexity index is 1370. The smallest absolute Gasteiger partial charge is 0.326 e. The molecule has 0 spiro atoms. The van der Waals surface area contributed by atoms with Gasteiger partial charge >= 0.3 is 5.69 Å². The van der Waals surface area contributed by atoms with Crippen LogP contribution in [0.1, 0.15) is 12.8 Å². The molecular weight excluding hydrogens is 394 g/mol. The minimum atomic E-state index is -0.417. The molecule has 0 saturated carbocycles. The van der Waals surface area contributed by atoms with Gasteiger partial charge in [0.05, 0.1) is 6.33 Å². The minimum Gasteiger partial charge on any atom is -0.326 e. The number of anilines is 1. The molecule has 31 heavy (non-hydrogen) atoms. The van der Waals surface area contributed by atoms with E-state index in [1.54, 1.807) is 11.6 Å². The summed E-state index contributed by atoms with van der Waals surface area (Å²) in [4.78, 5) is 41.3. The molecule has 0 radical (unpaired) electrons. The molecular formula is C23H23N5O3. The van der Waals surface area contributed by atoms with E-state index >= 15 is 0 Å². The number of hydrogen-bond donors (Lipinski definition) is 1. The van der Waals surface area contributed by atoms with Crippen LogP contribution in [0.25, 0.3) is 22.3 Å². The van der Waals surface area contributed by atoms with E-state index in [1.165, 1.54) is 17.9 Å². The second-order valence-corrected chi connectivity index (χ2v) is 7.38. The first-order valence-electron chi connectivity index (χ1n) is 10.0. The number of nitrogens with zero attached hydrogens (tertiary/aromatic N) is 4. The topological polar surface area (TPSA) is 90.9 Å². The molecule has 0 aliphatic heterocycles. The minimum absolute atomic E-state index is 0.104. The molecule has 1 N–H and O–H groups in total. The molecule has 0 aliphatic rings. The van der Waals surface area contributed by atoms with E-state index in [-0.39, 0.29) is 12.3 Å². The zero-order valence-electron chi connectivity index (χ0n) is 17.4. The van der Waals surface area contributed by atoms with Gasteiger partial charge in [0, 0.05) is 38.3 Å². The zero-order valence-corrected chi connectivity index (χ0v) is 17.4. The predicted octanol–water partition coefficient (Wildman–Crippen LogP) is 2.52. The van der Waals surface area contributed by atoms with Crippen molar-refractivity contribution in [2.24, 2.45) is 14.1 Å². The summed E-state index contributed by atoms with van der Waals surface area (Å²) < 4.78 is 4.11. The Kier molecular flexibility index (Phi) is 5.53. The van der Waals surface area contributed by atoms with Crippen LogP contribution < -0.4 is 16.6 Å². The highest BCUT2D eigenvalue weighted by molar-refractivity contribution is 5.95. The number of carbonyl (C=O) groups is 1. The number of imidazole rings is 1. The average molecular weight is 417 g/mol. The quantitative estimate of drug-likeness (QED) is 0.522. The molecule has 8 heteroatoms. The van der Waals surface area contributed by atoms with Gasteiger partial charge in [-0.3, -0.25) is 18.7 Å². The summed E-state index contributed by atoms with van der Waals surface area (Å²) >= 11 is 0. The fourth-order valence-corrected chi connectivity index (χ4v) is 3.65. The second kappa shape index (κ2) is 8.43. The number of aromatic nitrogens is 4. The predicted molar refractivity (Wildman–Crippen MR) is 120 cm³/mol. The van der Waals surface area contributed by atoms with Crippen LogP contribution in [0.2, 0.25) is 0 Å². The first-order chi connectivity index (χ1) is 15.0. The van der Waals surface area contributed by atoms with E-state index in [2.05, 4.69) is 10.3 Å². The van der Waals surface area contributed by atoms with Crippen molar-refractivity contribution in [2.45, 2.75) is 19.4 Å². The molecule has 4 rings (SSSR count). The van der Waals surface area contributed by atoms with Gasteiger partial charge in [-0.1, -0.05) is 48.5 Å². The highest BCUT2D eigenvalue weighted by Gasteiger charge is 2.14. The van der Waals surface area contributed by atoms with Crippen LogP contribution in [0.3, 0.4) is 0 Å². The molecule has 1 amide bonds. The molecule has 158 valence electrons. The van der Waals surface area contributed by atoms with Crippen molar-refractivity contribution in [1.29, 1.82) is 0 Å². The molecule has 8 nitrogen and oxygen atoms in total. The SMILES string of the molecule is Cn1c(=O)c2c(ncn2CCCC(=O)Nc2ccccc2-c2ccccc2)n(C)c1=O. The number of aryl methyl sites for hydroxylation is 2.